The Balaban J connectivity index is -0.0000000450. The molecule has 0 radical (unpaired) electrons. The first-order valence-electron chi connectivity index (χ1n) is 0.827. The molecule has 0 spiro atoms. The highest BCUT2D eigenvalue weighted by Crippen LogP contribution is 1.13. The lowest BCUT2D eigenvalue weighted by Crippen LogP contribution is -2.20. The van der Waals surface area contributed by atoms with Crippen LogP contribution in [-0.2, 0) is 0 Å². The predicted octanol–water partition coefficient (Wildman–Crippen LogP) is -0.887. The van der Waals surface area contributed by atoms with Crippen molar-refractivity contribution < 1.29 is 0 Å². The number of hydrogen-bond donors (Lipinski definition) is 4. The zero-order chi connectivity index (χ0) is 3.58. The van der Waals surface area contributed by atoms with E-state index in [2.05, 4.69) is 11.5 Å². The van der Waals surface area contributed by atoms with Gasteiger partial charge in [0.2, 0.25) is 0 Å². The number of nitrogens with one attached hydrogen (secondary N) is 1. The van der Waals surface area contributed by atoms with Gasteiger partial charge < -0.3 is 17.6 Å². The fourth-order valence-electron chi connectivity index (χ4n) is 0. The van der Waals surface area contributed by atoms with Crippen LogP contribution in [0.3, 0.4) is 0 Å². The largest absolute Gasteiger partial charge is 0.370 e. The van der Waals surface area contributed by atoms with Crippen LogP contribution in [0.15, 0.2) is 0 Å². The first kappa shape index (κ1) is 17.6. The normalized spacial score (nSPS) is 4.00. The molecule has 0 aromatic rings. The first-order chi connectivity index (χ1) is 1.73. The zero-order valence-corrected chi connectivity index (χ0v) is 4.36. The smallest absolute Gasteiger partial charge is 0.183 e. The molecular formula is CH10N4S. The topological polar surface area (TPSA) is 111 Å². The molecule has 40 valence electrons. The lowest BCUT2D eigenvalue weighted by Gasteiger charge is -1.69. The third-order valence-electron chi connectivity index (χ3n) is 0. The van der Waals surface area contributed by atoms with Crippen molar-refractivity contribution in [2.75, 3.05) is 0 Å². The molecule has 0 atom stereocenters. The van der Waals surface area contributed by atoms with E-state index in [1.165, 1.54) is 0 Å². The standard InChI is InChI=1S/CH5N3.H3N.H2S/c2-1(3)4;;/h(H5,2,3,4);1H3;1H2. The van der Waals surface area contributed by atoms with Crippen LogP contribution in [0.4, 0.5) is 0 Å². The summed E-state index contributed by atoms with van der Waals surface area (Å²) in [6.45, 7) is 0. The molecule has 0 fully saturated rings. The molecule has 0 aliphatic rings. The summed E-state index contributed by atoms with van der Waals surface area (Å²) in [5.41, 5.74) is 8.94. The lowest BCUT2D eigenvalue weighted by molar-refractivity contribution is 1.39. The molecular weight excluding hydrogens is 100 g/mol. The maximum absolute atomic E-state index is 6.06. The quantitative estimate of drug-likeness (QED) is 0.240. The fourth-order valence-corrected chi connectivity index (χ4v) is 0. The summed E-state index contributed by atoms with van der Waals surface area (Å²) in [5, 5.41) is 6.06. The minimum atomic E-state index is -0.333. The van der Waals surface area contributed by atoms with Crippen LogP contribution in [0.1, 0.15) is 0 Å². The van der Waals surface area contributed by atoms with Gasteiger partial charge in [-0.15, -0.1) is 0 Å². The number of nitrogens with two attached hydrogens (primary N) is 2. The van der Waals surface area contributed by atoms with E-state index in [0.29, 0.717) is 0 Å². The van der Waals surface area contributed by atoms with Crippen molar-refractivity contribution in [2.24, 2.45) is 11.5 Å². The van der Waals surface area contributed by atoms with Crippen LogP contribution in [0.25, 0.3) is 0 Å². The predicted molar refractivity (Wildman–Crippen MR) is 31.5 cm³/mol. The summed E-state index contributed by atoms with van der Waals surface area (Å²) in [7, 11) is 0. The Morgan fingerprint density at radius 3 is 1.33 bits per heavy atom. The van der Waals surface area contributed by atoms with Gasteiger partial charge in [0.1, 0.15) is 0 Å². The molecule has 0 unspecified atom stereocenters. The minimum absolute atomic E-state index is 0. The monoisotopic (exact) mass is 110 g/mol. The van der Waals surface area contributed by atoms with Gasteiger partial charge in [-0.25, -0.2) is 0 Å². The summed E-state index contributed by atoms with van der Waals surface area (Å²) in [5.74, 6) is -0.333. The second-order valence-corrected chi connectivity index (χ2v) is 0.455. The molecule has 0 saturated heterocycles. The van der Waals surface area contributed by atoms with Crippen molar-refractivity contribution >= 4 is 19.5 Å². The van der Waals surface area contributed by atoms with Gasteiger partial charge in [-0.05, 0) is 0 Å². The summed E-state index contributed by atoms with van der Waals surface area (Å²) >= 11 is 0. The molecule has 0 heterocycles. The summed E-state index contributed by atoms with van der Waals surface area (Å²) in [6.07, 6.45) is 0. The average Bonchev–Trinajstić information content (AvgIpc) is 0.811. The molecule has 0 aliphatic heterocycles. The summed E-state index contributed by atoms with van der Waals surface area (Å²) in [6, 6.07) is 0. The molecule has 0 saturated carbocycles. The van der Waals surface area contributed by atoms with E-state index in [4.69, 9.17) is 5.41 Å². The Labute approximate surface area is 43.4 Å². The van der Waals surface area contributed by atoms with Crippen LogP contribution in [0.5, 0.6) is 0 Å². The Kier molecular flexibility index (Phi) is 25.8. The van der Waals surface area contributed by atoms with Gasteiger partial charge in [-0.3, -0.25) is 5.41 Å². The second kappa shape index (κ2) is 8.82. The third-order valence-corrected chi connectivity index (χ3v) is 0. The fraction of sp³-hybridized carbons (Fsp3) is 0. The molecule has 5 heteroatoms. The molecule has 0 aliphatic carbocycles. The van der Waals surface area contributed by atoms with Gasteiger partial charge in [-0.2, -0.15) is 13.5 Å². The average molecular weight is 110 g/mol. The highest BCUT2D eigenvalue weighted by molar-refractivity contribution is 7.59. The van der Waals surface area contributed by atoms with Crippen molar-refractivity contribution in [3.8, 4) is 0 Å². The Morgan fingerprint density at radius 1 is 1.33 bits per heavy atom. The molecule has 0 amide bonds. The van der Waals surface area contributed by atoms with E-state index in [1.807, 2.05) is 0 Å². The minimum Gasteiger partial charge on any atom is -0.370 e. The molecule has 0 rings (SSSR count). The SMILES string of the molecule is N.N=C(N)N.S. The molecule has 0 aromatic carbocycles. The second-order valence-electron chi connectivity index (χ2n) is 0.455. The van der Waals surface area contributed by atoms with Crippen LogP contribution >= 0.6 is 13.5 Å². The van der Waals surface area contributed by atoms with Crippen LogP contribution < -0.4 is 17.6 Å². The maximum atomic E-state index is 6.06. The molecule has 8 N–H and O–H groups in total. The number of hydrogen-bond acceptors (Lipinski definition) is 2. The van der Waals surface area contributed by atoms with Gasteiger partial charge >= 0.3 is 0 Å². The Hall–Kier alpha value is -0.420. The van der Waals surface area contributed by atoms with Crippen molar-refractivity contribution in [2.45, 2.75) is 0 Å². The van der Waals surface area contributed by atoms with Crippen LogP contribution in [-0.4, -0.2) is 5.96 Å². The van der Waals surface area contributed by atoms with E-state index in [1.54, 1.807) is 0 Å². The number of rotatable bonds is 0. The van der Waals surface area contributed by atoms with Gasteiger partial charge in [-0.1, -0.05) is 0 Å². The van der Waals surface area contributed by atoms with E-state index in [-0.39, 0.29) is 25.6 Å². The third kappa shape index (κ3) is 135. The van der Waals surface area contributed by atoms with Gasteiger partial charge in [0, 0.05) is 0 Å². The van der Waals surface area contributed by atoms with Crippen molar-refractivity contribution in [3.63, 3.8) is 0 Å². The molecule has 0 aromatic heterocycles. The molecule has 6 heavy (non-hydrogen) atoms. The van der Waals surface area contributed by atoms with Crippen LogP contribution in [0.2, 0.25) is 0 Å². The van der Waals surface area contributed by atoms with Crippen molar-refractivity contribution in [1.82, 2.24) is 6.15 Å². The molecule has 4 nitrogen and oxygen atoms in total. The van der Waals surface area contributed by atoms with E-state index in [9.17, 15) is 0 Å². The van der Waals surface area contributed by atoms with Gasteiger partial charge in [0.05, 0.1) is 0 Å². The van der Waals surface area contributed by atoms with Crippen LogP contribution in [0, 0.1) is 5.41 Å². The van der Waals surface area contributed by atoms with E-state index < -0.39 is 0 Å². The zero-order valence-electron chi connectivity index (χ0n) is 3.36. The highest BCUT2D eigenvalue weighted by atomic mass is 32.1. The number of guanidine groups is 1. The van der Waals surface area contributed by atoms with Crippen molar-refractivity contribution in [3.05, 3.63) is 0 Å². The van der Waals surface area contributed by atoms with Gasteiger partial charge in [0.15, 0.2) is 5.96 Å². The van der Waals surface area contributed by atoms with Gasteiger partial charge in [0.25, 0.3) is 0 Å². The van der Waals surface area contributed by atoms with E-state index in [0.717, 1.165) is 0 Å². The Bertz CT molecular complexity index is 30.5. The lowest BCUT2D eigenvalue weighted by atomic mass is 11.1. The molecule has 0 bridgehead atoms. The van der Waals surface area contributed by atoms with E-state index >= 15 is 0 Å². The highest BCUT2D eigenvalue weighted by Gasteiger charge is 1.52. The maximum Gasteiger partial charge on any atom is 0.183 e. The summed E-state index contributed by atoms with van der Waals surface area (Å²) in [4.78, 5) is 0. The first-order valence-corrected chi connectivity index (χ1v) is 0.827. The van der Waals surface area contributed by atoms with Crippen molar-refractivity contribution in [1.29, 1.82) is 5.41 Å². The summed E-state index contributed by atoms with van der Waals surface area (Å²) < 4.78 is 0. The Morgan fingerprint density at radius 2 is 1.33 bits per heavy atom.